The van der Waals surface area contributed by atoms with Gasteiger partial charge in [0.05, 0.1) is 18.7 Å². The van der Waals surface area contributed by atoms with Gasteiger partial charge in [-0.1, -0.05) is 18.5 Å². The molecule has 0 aliphatic heterocycles. The summed E-state index contributed by atoms with van der Waals surface area (Å²) in [6, 6.07) is 0. The Labute approximate surface area is 98.7 Å². The van der Waals surface area contributed by atoms with E-state index in [4.69, 9.17) is 4.52 Å². The van der Waals surface area contributed by atoms with E-state index >= 15 is 0 Å². The van der Waals surface area contributed by atoms with Crippen molar-refractivity contribution < 1.29 is 9.63 Å². The fourth-order valence-electron chi connectivity index (χ4n) is 1.49. The third-order valence-corrected chi connectivity index (χ3v) is 2.29. The normalized spacial score (nSPS) is 12.6. The minimum atomic E-state index is -0.435. The van der Waals surface area contributed by atoms with Crippen molar-refractivity contribution in [3.05, 3.63) is 24.5 Å². The van der Waals surface area contributed by atoms with Crippen LogP contribution in [0.3, 0.4) is 0 Å². The molecule has 2 heterocycles. The average molecular weight is 234 g/mol. The van der Waals surface area contributed by atoms with Gasteiger partial charge in [0.25, 0.3) is 0 Å². The Balaban J connectivity index is 2.06. The van der Waals surface area contributed by atoms with Crippen molar-refractivity contribution in [1.29, 1.82) is 0 Å². The van der Waals surface area contributed by atoms with Crippen LogP contribution in [0.25, 0.3) is 11.5 Å². The van der Waals surface area contributed by atoms with E-state index in [1.807, 2.05) is 6.92 Å². The van der Waals surface area contributed by atoms with E-state index in [0.717, 1.165) is 12.8 Å². The second kappa shape index (κ2) is 5.49. The summed E-state index contributed by atoms with van der Waals surface area (Å²) in [5, 5.41) is 13.4. The molecule has 0 amide bonds. The maximum absolute atomic E-state index is 9.63. The average Bonchev–Trinajstić information content (AvgIpc) is 2.79. The molecule has 2 rings (SSSR count). The van der Waals surface area contributed by atoms with Gasteiger partial charge >= 0.3 is 0 Å². The Morgan fingerprint density at radius 3 is 3.00 bits per heavy atom. The van der Waals surface area contributed by atoms with Gasteiger partial charge < -0.3 is 9.63 Å². The van der Waals surface area contributed by atoms with Crippen LogP contribution >= 0.6 is 0 Å². The van der Waals surface area contributed by atoms with Crippen molar-refractivity contribution in [2.24, 2.45) is 0 Å². The highest BCUT2D eigenvalue weighted by Gasteiger charge is 2.13. The zero-order valence-electron chi connectivity index (χ0n) is 9.58. The molecule has 6 nitrogen and oxygen atoms in total. The summed E-state index contributed by atoms with van der Waals surface area (Å²) in [7, 11) is 0. The van der Waals surface area contributed by atoms with Gasteiger partial charge in [0.15, 0.2) is 0 Å². The summed E-state index contributed by atoms with van der Waals surface area (Å²) in [5.41, 5.74) is 0.562. The predicted octanol–water partition coefficient (Wildman–Crippen LogP) is 1.23. The van der Waals surface area contributed by atoms with Crippen LogP contribution in [0.2, 0.25) is 0 Å². The lowest BCUT2D eigenvalue weighted by atomic mass is 10.1. The number of rotatable bonds is 5. The van der Waals surface area contributed by atoms with E-state index in [9.17, 15) is 5.11 Å². The van der Waals surface area contributed by atoms with Gasteiger partial charge in [-0.3, -0.25) is 4.98 Å². The highest BCUT2D eigenvalue weighted by Crippen LogP contribution is 2.12. The van der Waals surface area contributed by atoms with E-state index in [2.05, 4.69) is 20.1 Å². The number of aliphatic hydroxyl groups is 1. The second-order valence-electron chi connectivity index (χ2n) is 3.75. The fourth-order valence-corrected chi connectivity index (χ4v) is 1.49. The summed E-state index contributed by atoms with van der Waals surface area (Å²) in [6.45, 7) is 2.02. The minimum absolute atomic E-state index is 0.376. The summed E-state index contributed by atoms with van der Waals surface area (Å²) < 4.78 is 5.05. The molecule has 0 aliphatic rings. The van der Waals surface area contributed by atoms with Gasteiger partial charge in [0, 0.05) is 12.4 Å². The number of hydrogen-bond acceptors (Lipinski definition) is 6. The minimum Gasteiger partial charge on any atom is -0.393 e. The second-order valence-corrected chi connectivity index (χ2v) is 3.75. The molecule has 0 fully saturated rings. The Hall–Kier alpha value is -1.82. The first-order valence-corrected chi connectivity index (χ1v) is 5.56. The van der Waals surface area contributed by atoms with E-state index in [1.54, 1.807) is 18.6 Å². The summed E-state index contributed by atoms with van der Waals surface area (Å²) in [6.07, 6.45) is 6.30. The monoisotopic (exact) mass is 234 g/mol. The van der Waals surface area contributed by atoms with Gasteiger partial charge in [-0.05, 0) is 6.42 Å². The van der Waals surface area contributed by atoms with Crippen molar-refractivity contribution in [1.82, 2.24) is 20.1 Å². The smallest absolute Gasteiger partial charge is 0.229 e. The zero-order chi connectivity index (χ0) is 12.1. The van der Waals surface area contributed by atoms with E-state index in [1.165, 1.54) is 0 Å². The largest absolute Gasteiger partial charge is 0.393 e. The Morgan fingerprint density at radius 2 is 2.29 bits per heavy atom. The van der Waals surface area contributed by atoms with E-state index < -0.39 is 6.10 Å². The number of hydrogen-bond donors (Lipinski definition) is 1. The van der Waals surface area contributed by atoms with Crippen LogP contribution in [0.1, 0.15) is 25.7 Å². The topological polar surface area (TPSA) is 84.9 Å². The van der Waals surface area contributed by atoms with Crippen LogP contribution in [0.5, 0.6) is 0 Å². The maximum atomic E-state index is 9.63. The Bertz CT molecular complexity index is 458. The Kier molecular flexibility index (Phi) is 3.77. The summed E-state index contributed by atoms with van der Waals surface area (Å²) in [4.78, 5) is 12.2. The number of aliphatic hydroxyl groups excluding tert-OH is 1. The molecule has 1 unspecified atom stereocenters. The lowest BCUT2D eigenvalue weighted by Gasteiger charge is -2.03. The number of nitrogens with zero attached hydrogens (tertiary/aromatic N) is 4. The Morgan fingerprint density at radius 1 is 1.41 bits per heavy atom. The third kappa shape index (κ3) is 3.07. The zero-order valence-corrected chi connectivity index (χ0v) is 9.58. The van der Waals surface area contributed by atoms with Gasteiger partial charge in [-0.2, -0.15) is 4.98 Å². The molecule has 1 atom stereocenters. The van der Waals surface area contributed by atoms with Crippen LogP contribution in [0, 0.1) is 0 Å². The lowest BCUT2D eigenvalue weighted by Crippen LogP contribution is -2.09. The molecule has 6 heteroatoms. The molecule has 0 spiro atoms. The molecular formula is C11H14N4O2. The molecule has 0 radical (unpaired) electrons. The van der Waals surface area contributed by atoms with Crippen LogP contribution in [-0.2, 0) is 6.42 Å². The van der Waals surface area contributed by atoms with Gasteiger partial charge in [0.2, 0.25) is 11.7 Å². The molecule has 1 N–H and O–H groups in total. The standard InChI is InChI=1S/C11H14N4O2/c1-2-3-8(16)6-10-14-11(15-17-10)9-7-12-4-5-13-9/h4-5,7-8,16H,2-3,6H2,1H3. The van der Waals surface area contributed by atoms with E-state index in [0.29, 0.717) is 23.8 Å². The summed E-state index contributed by atoms with van der Waals surface area (Å²) >= 11 is 0. The van der Waals surface area contributed by atoms with Gasteiger partial charge in [-0.15, -0.1) is 0 Å². The third-order valence-electron chi connectivity index (χ3n) is 2.29. The highest BCUT2D eigenvalue weighted by molar-refractivity contribution is 5.45. The van der Waals surface area contributed by atoms with Crippen LogP contribution in [0.4, 0.5) is 0 Å². The van der Waals surface area contributed by atoms with Crippen LogP contribution in [-0.4, -0.2) is 31.3 Å². The molecule has 2 aromatic rings. The molecular weight excluding hydrogens is 220 g/mol. The molecule has 0 aliphatic carbocycles. The van der Waals surface area contributed by atoms with Crippen molar-refractivity contribution in [3.8, 4) is 11.5 Å². The first-order chi connectivity index (χ1) is 8.29. The fraction of sp³-hybridized carbons (Fsp3) is 0.455. The van der Waals surface area contributed by atoms with Gasteiger partial charge in [0.1, 0.15) is 5.69 Å². The van der Waals surface area contributed by atoms with Crippen LogP contribution in [0.15, 0.2) is 23.1 Å². The predicted molar refractivity (Wildman–Crippen MR) is 59.9 cm³/mol. The molecule has 90 valence electrons. The molecule has 0 saturated heterocycles. The molecule has 17 heavy (non-hydrogen) atoms. The highest BCUT2D eigenvalue weighted by atomic mass is 16.5. The van der Waals surface area contributed by atoms with Crippen molar-refractivity contribution in [3.63, 3.8) is 0 Å². The molecule has 0 bridgehead atoms. The molecule has 0 saturated carbocycles. The first-order valence-electron chi connectivity index (χ1n) is 5.56. The lowest BCUT2D eigenvalue weighted by molar-refractivity contribution is 0.152. The van der Waals surface area contributed by atoms with E-state index in [-0.39, 0.29) is 0 Å². The van der Waals surface area contributed by atoms with Crippen molar-refractivity contribution in [2.45, 2.75) is 32.3 Å². The quantitative estimate of drug-likeness (QED) is 0.837. The SMILES string of the molecule is CCCC(O)Cc1nc(-c2cnccn2)no1. The van der Waals surface area contributed by atoms with Gasteiger partial charge in [-0.25, -0.2) is 4.98 Å². The van der Waals surface area contributed by atoms with Crippen LogP contribution < -0.4 is 0 Å². The molecule has 0 aromatic carbocycles. The van der Waals surface area contributed by atoms with Crippen molar-refractivity contribution in [2.75, 3.05) is 0 Å². The van der Waals surface area contributed by atoms with Crippen molar-refractivity contribution >= 4 is 0 Å². The first kappa shape index (κ1) is 11.7. The maximum Gasteiger partial charge on any atom is 0.229 e. The summed E-state index contributed by atoms with van der Waals surface area (Å²) in [5.74, 6) is 0.823. The number of aromatic nitrogens is 4. The molecule has 2 aromatic heterocycles.